The number of carbonyl (C=O) groups excluding carboxylic acids is 1. The van der Waals surface area contributed by atoms with E-state index in [1.54, 1.807) is 0 Å². The van der Waals surface area contributed by atoms with Gasteiger partial charge in [-0.3, -0.25) is 4.79 Å². The van der Waals surface area contributed by atoms with Gasteiger partial charge in [-0.1, -0.05) is 30.3 Å². The quantitative estimate of drug-likeness (QED) is 0.860. The van der Waals surface area contributed by atoms with Crippen molar-refractivity contribution >= 4 is 11.6 Å². The molecule has 0 radical (unpaired) electrons. The molecule has 0 heterocycles. The predicted molar refractivity (Wildman–Crippen MR) is 103 cm³/mol. The van der Waals surface area contributed by atoms with Crippen LogP contribution in [0.5, 0.6) is 5.75 Å². The number of hydrogen-bond acceptors (Lipinski definition) is 3. The van der Waals surface area contributed by atoms with Gasteiger partial charge in [0.25, 0.3) is 0 Å². The van der Waals surface area contributed by atoms with Crippen LogP contribution in [0.1, 0.15) is 30.4 Å². The van der Waals surface area contributed by atoms with Gasteiger partial charge >= 0.3 is 0 Å². The molecule has 0 aliphatic heterocycles. The van der Waals surface area contributed by atoms with Crippen molar-refractivity contribution in [1.82, 2.24) is 0 Å². The molecule has 3 N–H and O–H groups in total. The molecule has 2 aromatic rings. The Kier molecular flexibility index (Phi) is 4.68. The van der Waals surface area contributed by atoms with Crippen molar-refractivity contribution in [1.29, 1.82) is 0 Å². The molecule has 0 aromatic heterocycles. The Labute approximate surface area is 154 Å². The fourth-order valence-corrected chi connectivity index (χ4v) is 4.59. The largest absolute Gasteiger partial charge is 0.489 e. The number of para-hydroxylation sites is 1. The van der Waals surface area contributed by atoms with E-state index in [2.05, 4.69) is 5.32 Å². The molecule has 0 spiro atoms. The maximum Gasteiger partial charge on any atom is 0.229 e. The van der Waals surface area contributed by atoms with E-state index in [0.29, 0.717) is 18.4 Å². The molecule has 4 atom stereocenters. The third-order valence-electron chi connectivity index (χ3n) is 6.12. The molecule has 2 aliphatic carbocycles. The van der Waals surface area contributed by atoms with Crippen LogP contribution in [0.2, 0.25) is 0 Å². The SMILES string of the molecule is Cc1c(COc2ccccc2)cccc1NC(=O)C1C2CCC(C2)C1N. The van der Waals surface area contributed by atoms with Gasteiger partial charge in [0.2, 0.25) is 5.91 Å². The lowest BCUT2D eigenvalue weighted by Gasteiger charge is -2.27. The van der Waals surface area contributed by atoms with Crippen LogP contribution in [0.25, 0.3) is 0 Å². The van der Waals surface area contributed by atoms with Crippen LogP contribution >= 0.6 is 0 Å². The number of hydrogen-bond donors (Lipinski definition) is 2. The summed E-state index contributed by atoms with van der Waals surface area (Å²) in [5, 5.41) is 3.13. The lowest BCUT2D eigenvalue weighted by atomic mass is 9.84. The highest BCUT2D eigenvalue weighted by molar-refractivity contribution is 5.94. The van der Waals surface area contributed by atoms with Crippen molar-refractivity contribution in [2.24, 2.45) is 23.5 Å². The summed E-state index contributed by atoms with van der Waals surface area (Å²) in [6.07, 6.45) is 3.44. The zero-order valence-corrected chi connectivity index (χ0v) is 15.2. The van der Waals surface area contributed by atoms with E-state index in [1.165, 1.54) is 6.42 Å². The van der Waals surface area contributed by atoms with E-state index in [4.69, 9.17) is 10.5 Å². The maximum atomic E-state index is 12.8. The highest BCUT2D eigenvalue weighted by atomic mass is 16.5. The molecule has 26 heavy (non-hydrogen) atoms. The molecule has 2 aromatic carbocycles. The molecule has 2 aliphatic rings. The zero-order chi connectivity index (χ0) is 18.1. The number of nitrogens with one attached hydrogen (secondary N) is 1. The zero-order valence-electron chi connectivity index (χ0n) is 15.2. The lowest BCUT2D eigenvalue weighted by Crippen LogP contribution is -2.42. The monoisotopic (exact) mass is 350 g/mol. The molecule has 2 saturated carbocycles. The normalized spacial score (nSPS) is 26.7. The number of rotatable bonds is 5. The first-order valence-electron chi connectivity index (χ1n) is 9.46. The van der Waals surface area contributed by atoms with Gasteiger partial charge in [-0.05, 0) is 67.3 Å². The van der Waals surface area contributed by atoms with E-state index < -0.39 is 0 Å². The molecular weight excluding hydrogens is 324 g/mol. The van der Waals surface area contributed by atoms with E-state index in [-0.39, 0.29) is 17.9 Å². The van der Waals surface area contributed by atoms with Crippen LogP contribution in [0, 0.1) is 24.7 Å². The smallest absolute Gasteiger partial charge is 0.229 e. The highest BCUT2D eigenvalue weighted by Gasteiger charge is 2.49. The van der Waals surface area contributed by atoms with Crippen LogP contribution in [0.4, 0.5) is 5.69 Å². The molecule has 4 rings (SSSR count). The van der Waals surface area contributed by atoms with E-state index in [1.807, 2.05) is 55.5 Å². The van der Waals surface area contributed by atoms with Crippen molar-refractivity contribution < 1.29 is 9.53 Å². The van der Waals surface area contributed by atoms with Crippen molar-refractivity contribution in [3.05, 3.63) is 59.7 Å². The number of nitrogens with two attached hydrogens (primary N) is 1. The average molecular weight is 350 g/mol. The Morgan fingerprint density at radius 3 is 2.62 bits per heavy atom. The number of amides is 1. The average Bonchev–Trinajstić information content (AvgIpc) is 3.24. The Morgan fingerprint density at radius 1 is 1.12 bits per heavy atom. The molecule has 0 saturated heterocycles. The second-order valence-corrected chi connectivity index (χ2v) is 7.62. The van der Waals surface area contributed by atoms with Crippen LogP contribution in [-0.4, -0.2) is 11.9 Å². The van der Waals surface area contributed by atoms with E-state index in [9.17, 15) is 4.79 Å². The van der Waals surface area contributed by atoms with Gasteiger partial charge in [0, 0.05) is 11.7 Å². The number of carbonyl (C=O) groups is 1. The minimum atomic E-state index is -0.0441. The third-order valence-corrected chi connectivity index (χ3v) is 6.12. The minimum Gasteiger partial charge on any atom is -0.489 e. The van der Waals surface area contributed by atoms with Gasteiger partial charge in [-0.2, -0.15) is 0 Å². The topological polar surface area (TPSA) is 64.3 Å². The van der Waals surface area contributed by atoms with Gasteiger partial charge in [-0.15, -0.1) is 0 Å². The van der Waals surface area contributed by atoms with Gasteiger partial charge in [0.15, 0.2) is 0 Å². The summed E-state index contributed by atoms with van der Waals surface area (Å²) in [5.74, 6) is 1.86. The van der Waals surface area contributed by atoms with Gasteiger partial charge in [0.1, 0.15) is 12.4 Å². The summed E-state index contributed by atoms with van der Waals surface area (Å²) in [5.41, 5.74) is 9.30. The molecule has 2 fully saturated rings. The molecule has 136 valence electrons. The number of fused-ring (bicyclic) bond motifs is 2. The number of anilines is 1. The first-order valence-corrected chi connectivity index (χ1v) is 9.46. The highest BCUT2D eigenvalue weighted by Crippen LogP contribution is 2.48. The molecule has 1 amide bonds. The first-order chi connectivity index (χ1) is 12.6. The number of benzene rings is 2. The number of ether oxygens (including phenoxy) is 1. The molecule has 4 nitrogen and oxygen atoms in total. The van der Waals surface area contributed by atoms with Gasteiger partial charge in [-0.25, -0.2) is 0 Å². The second kappa shape index (κ2) is 7.12. The fourth-order valence-electron chi connectivity index (χ4n) is 4.59. The summed E-state index contributed by atoms with van der Waals surface area (Å²) < 4.78 is 5.86. The fraction of sp³-hybridized carbons (Fsp3) is 0.409. The van der Waals surface area contributed by atoms with Crippen molar-refractivity contribution in [3.8, 4) is 5.75 Å². The minimum absolute atomic E-state index is 0.0126. The predicted octanol–water partition coefficient (Wildman–Crippen LogP) is 3.89. The van der Waals surface area contributed by atoms with Gasteiger partial charge < -0.3 is 15.8 Å². The lowest BCUT2D eigenvalue weighted by molar-refractivity contribution is -0.121. The molecule has 4 unspecified atom stereocenters. The van der Waals surface area contributed by atoms with Crippen molar-refractivity contribution in [3.63, 3.8) is 0 Å². The molecule has 4 heteroatoms. The summed E-state index contributed by atoms with van der Waals surface area (Å²) in [6.45, 7) is 2.51. The Balaban J connectivity index is 1.45. The summed E-state index contributed by atoms with van der Waals surface area (Å²) >= 11 is 0. The van der Waals surface area contributed by atoms with E-state index in [0.717, 1.165) is 35.4 Å². The second-order valence-electron chi connectivity index (χ2n) is 7.62. The van der Waals surface area contributed by atoms with Crippen LogP contribution < -0.4 is 15.8 Å². The maximum absolute atomic E-state index is 12.8. The van der Waals surface area contributed by atoms with Crippen LogP contribution in [0.3, 0.4) is 0 Å². The summed E-state index contributed by atoms with van der Waals surface area (Å²) in [7, 11) is 0. The van der Waals surface area contributed by atoms with Crippen LogP contribution in [-0.2, 0) is 11.4 Å². The summed E-state index contributed by atoms with van der Waals surface area (Å²) in [6, 6.07) is 15.7. The van der Waals surface area contributed by atoms with Crippen LogP contribution in [0.15, 0.2) is 48.5 Å². The van der Waals surface area contributed by atoms with Crippen molar-refractivity contribution in [2.45, 2.75) is 38.8 Å². The molecule has 2 bridgehead atoms. The van der Waals surface area contributed by atoms with Crippen molar-refractivity contribution in [2.75, 3.05) is 5.32 Å². The van der Waals surface area contributed by atoms with E-state index >= 15 is 0 Å². The third kappa shape index (κ3) is 3.21. The Bertz CT molecular complexity index is 788. The first kappa shape index (κ1) is 17.1. The molecular formula is C22H26N2O2. The Morgan fingerprint density at radius 2 is 1.88 bits per heavy atom. The standard InChI is InChI=1S/C22H26N2O2/c1-14-17(13-26-18-7-3-2-4-8-18)6-5-9-19(14)24-22(25)20-15-10-11-16(12-15)21(20)23/h2-9,15-16,20-21H,10-13,23H2,1H3,(H,24,25). The summed E-state index contributed by atoms with van der Waals surface area (Å²) in [4.78, 5) is 12.8. The Hall–Kier alpha value is -2.33. The van der Waals surface area contributed by atoms with Gasteiger partial charge in [0.05, 0.1) is 5.92 Å².